The molecule has 17 heavy (non-hydrogen) atoms. The molecule has 0 saturated carbocycles. The zero-order valence-corrected chi connectivity index (χ0v) is 11.5. The van der Waals surface area contributed by atoms with Gasteiger partial charge >= 0.3 is 0 Å². The van der Waals surface area contributed by atoms with E-state index >= 15 is 0 Å². The Bertz CT molecular complexity index is 328. The number of aryl methyl sites for hydroxylation is 1. The molecule has 96 valence electrons. The normalized spacial score (nSPS) is 10.5. The minimum Gasteiger partial charge on any atom is -0.493 e. The van der Waals surface area contributed by atoms with Crippen molar-refractivity contribution in [3.8, 4) is 5.75 Å². The fourth-order valence-corrected chi connectivity index (χ4v) is 1.73. The van der Waals surface area contributed by atoms with Crippen molar-refractivity contribution in [3.05, 3.63) is 28.8 Å². The number of hydrogen-bond acceptors (Lipinski definition) is 2. The maximum absolute atomic E-state index is 5.92. The van der Waals surface area contributed by atoms with E-state index in [1.165, 1.54) is 6.42 Å². The third-order valence-electron chi connectivity index (χ3n) is 2.58. The summed E-state index contributed by atoms with van der Waals surface area (Å²) >= 11 is 5.92. The molecule has 1 aromatic carbocycles. The summed E-state index contributed by atoms with van der Waals surface area (Å²) in [5.41, 5.74) is 1.14. The fourth-order valence-electron chi connectivity index (χ4n) is 1.57. The first-order valence-electron chi connectivity index (χ1n) is 6.33. The van der Waals surface area contributed by atoms with Crippen molar-refractivity contribution in [2.24, 2.45) is 0 Å². The molecule has 1 N–H and O–H groups in total. The van der Waals surface area contributed by atoms with Crippen LogP contribution < -0.4 is 10.1 Å². The van der Waals surface area contributed by atoms with Gasteiger partial charge in [0.15, 0.2) is 0 Å². The summed E-state index contributed by atoms with van der Waals surface area (Å²) in [5.74, 6) is 0.902. The van der Waals surface area contributed by atoms with Crippen LogP contribution in [0.15, 0.2) is 18.2 Å². The zero-order valence-electron chi connectivity index (χ0n) is 10.8. The average molecular weight is 256 g/mol. The molecule has 1 aromatic rings. The minimum atomic E-state index is 0.732. The van der Waals surface area contributed by atoms with Crippen LogP contribution in [0.1, 0.15) is 31.7 Å². The topological polar surface area (TPSA) is 21.3 Å². The molecule has 0 aliphatic heterocycles. The Morgan fingerprint density at radius 3 is 2.82 bits per heavy atom. The maximum Gasteiger partial charge on any atom is 0.123 e. The first-order valence-corrected chi connectivity index (χ1v) is 6.71. The van der Waals surface area contributed by atoms with Gasteiger partial charge in [-0.05, 0) is 57.0 Å². The van der Waals surface area contributed by atoms with Gasteiger partial charge in [0, 0.05) is 5.02 Å². The molecule has 0 aliphatic rings. The molecule has 0 saturated heterocycles. The number of nitrogens with one attached hydrogen (secondary N) is 1. The van der Waals surface area contributed by atoms with E-state index in [0.29, 0.717) is 0 Å². The molecule has 0 aliphatic carbocycles. The van der Waals surface area contributed by atoms with E-state index in [1.54, 1.807) is 0 Å². The smallest absolute Gasteiger partial charge is 0.123 e. The lowest BCUT2D eigenvalue weighted by molar-refractivity contribution is 0.304. The molecule has 3 heteroatoms. The van der Waals surface area contributed by atoms with Crippen LogP contribution in [0.5, 0.6) is 5.75 Å². The molecule has 1 rings (SSSR count). The molecule has 0 spiro atoms. The first kappa shape index (κ1) is 14.3. The van der Waals surface area contributed by atoms with Crippen molar-refractivity contribution >= 4 is 11.6 Å². The van der Waals surface area contributed by atoms with Crippen molar-refractivity contribution in [2.45, 2.75) is 33.1 Å². The van der Waals surface area contributed by atoms with Gasteiger partial charge in [-0.2, -0.15) is 0 Å². The summed E-state index contributed by atoms with van der Waals surface area (Å²) in [6.07, 6.45) is 3.42. The second-order valence-corrected chi connectivity index (χ2v) is 4.65. The number of ether oxygens (including phenoxy) is 1. The summed E-state index contributed by atoms with van der Waals surface area (Å²) in [6.45, 7) is 7.15. The first-order chi connectivity index (χ1) is 8.24. The summed E-state index contributed by atoms with van der Waals surface area (Å²) < 4.78 is 5.71. The van der Waals surface area contributed by atoms with Gasteiger partial charge in [0.1, 0.15) is 5.75 Å². The molecule has 0 unspecified atom stereocenters. The largest absolute Gasteiger partial charge is 0.493 e. The van der Waals surface area contributed by atoms with Crippen LogP contribution in [-0.4, -0.2) is 19.7 Å². The SMILES string of the molecule is CCCNCCCCOc1cc(Cl)ccc1C. The molecule has 0 fully saturated rings. The highest BCUT2D eigenvalue weighted by atomic mass is 35.5. The Morgan fingerprint density at radius 2 is 2.06 bits per heavy atom. The summed E-state index contributed by atoms with van der Waals surface area (Å²) in [5, 5.41) is 4.11. The third-order valence-corrected chi connectivity index (χ3v) is 2.82. The third kappa shape index (κ3) is 5.94. The fraction of sp³-hybridized carbons (Fsp3) is 0.571. The number of unbranched alkanes of at least 4 members (excludes halogenated alkanes) is 1. The Balaban J connectivity index is 2.15. The van der Waals surface area contributed by atoms with Crippen molar-refractivity contribution in [1.82, 2.24) is 5.32 Å². The molecule has 2 nitrogen and oxygen atoms in total. The minimum absolute atomic E-state index is 0.732. The molecule has 0 radical (unpaired) electrons. The molecule has 0 atom stereocenters. The monoisotopic (exact) mass is 255 g/mol. The van der Waals surface area contributed by atoms with Crippen LogP contribution in [0.3, 0.4) is 0 Å². The van der Waals surface area contributed by atoms with E-state index in [0.717, 1.165) is 48.9 Å². The van der Waals surface area contributed by atoms with Gasteiger partial charge < -0.3 is 10.1 Å². The van der Waals surface area contributed by atoms with Gasteiger partial charge in [-0.1, -0.05) is 24.6 Å². The van der Waals surface area contributed by atoms with E-state index in [9.17, 15) is 0 Å². The van der Waals surface area contributed by atoms with E-state index in [2.05, 4.69) is 12.2 Å². The van der Waals surface area contributed by atoms with Crippen LogP contribution in [-0.2, 0) is 0 Å². The predicted octanol–water partition coefficient (Wildman–Crippen LogP) is 3.81. The van der Waals surface area contributed by atoms with Crippen molar-refractivity contribution < 1.29 is 4.74 Å². The summed E-state index contributed by atoms with van der Waals surface area (Å²) in [7, 11) is 0. The lowest BCUT2D eigenvalue weighted by Crippen LogP contribution is -2.16. The van der Waals surface area contributed by atoms with Gasteiger partial charge in [0.05, 0.1) is 6.61 Å². The van der Waals surface area contributed by atoms with Crippen molar-refractivity contribution in [3.63, 3.8) is 0 Å². The lowest BCUT2D eigenvalue weighted by atomic mass is 10.2. The molecule has 0 aromatic heterocycles. The maximum atomic E-state index is 5.92. The van der Waals surface area contributed by atoms with E-state index in [4.69, 9.17) is 16.3 Å². The molecule has 0 heterocycles. The molecular weight excluding hydrogens is 234 g/mol. The Morgan fingerprint density at radius 1 is 1.24 bits per heavy atom. The zero-order chi connectivity index (χ0) is 12.5. The average Bonchev–Trinajstić information content (AvgIpc) is 2.32. The van der Waals surface area contributed by atoms with Gasteiger partial charge in [0.2, 0.25) is 0 Å². The van der Waals surface area contributed by atoms with Gasteiger partial charge in [-0.15, -0.1) is 0 Å². The number of hydrogen-bond donors (Lipinski definition) is 1. The Kier molecular flexibility index (Phi) is 7.06. The summed E-state index contributed by atoms with van der Waals surface area (Å²) in [4.78, 5) is 0. The van der Waals surface area contributed by atoms with Crippen LogP contribution >= 0.6 is 11.6 Å². The van der Waals surface area contributed by atoms with Crippen LogP contribution in [0, 0.1) is 6.92 Å². The van der Waals surface area contributed by atoms with E-state index < -0.39 is 0 Å². The van der Waals surface area contributed by atoms with Gasteiger partial charge in [-0.3, -0.25) is 0 Å². The standard InChI is InChI=1S/C14H22ClNO/c1-3-8-16-9-4-5-10-17-14-11-13(15)7-6-12(14)2/h6-7,11,16H,3-5,8-10H2,1-2H3. The highest BCUT2D eigenvalue weighted by molar-refractivity contribution is 6.30. The highest BCUT2D eigenvalue weighted by Gasteiger charge is 2.00. The van der Waals surface area contributed by atoms with Gasteiger partial charge in [0.25, 0.3) is 0 Å². The summed E-state index contributed by atoms with van der Waals surface area (Å²) in [6, 6.07) is 5.76. The molecule has 0 amide bonds. The highest BCUT2D eigenvalue weighted by Crippen LogP contribution is 2.22. The second kappa shape index (κ2) is 8.37. The lowest BCUT2D eigenvalue weighted by Gasteiger charge is -2.09. The number of halogens is 1. The Labute approximate surface area is 109 Å². The van der Waals surface area contributed by atoms with Crippen LogP contribution in [0.25, 0.3) is 0 Å². The number of benzene rings is 1. The van der Waals surface area contributed by atoms with Crippen LogP contribution in [0.4, 0.5) is 0 Å². The van der Waals surface area contributed by atoms with Gasteiger partial charge in [-0.25, -0.2) is 0 Å². The Hall–Kier alpha value is -0.730. The van der Waals surface area contributed by atoms with E-state index in [1.807, 2.05) is 25.1 Å². The second-order valence-electron chi connectivity index (χ2n) is 4.22. The molecule has 0 bridgehead atoms. The molecular formula is C14H22ClNO. The quantitative estimate of drug-likeness (QED) is 0.714. The van der Waals surface area contributed by atoms with Crippen molar-refractivity contribution in [2.75, 3.05) is 19.7 Å². The van der Waals surface area contributed by atoms with Crippen LogP contribution in [0.2, 0.25) is 5.02 Å². The number of rotatable bonds is 8. The van der Waals surface area contributed by atoms with Crippen molar-refractivity contribution in [1.29, 1.82) is 0 Å². The van der Waals surface area contributed by atoms with E-state index in [-0.39, 0.29) is 0 Å². The predicted molar refractivity (Wildman–Crippen MR) is 74.1 cm³/mol.